The van der Waals surface area contributed by atoms with Gasteiger partial charge in [0.05, 0.1) is 11.4 Å². The first-order chi connectivity index (χ1) is 8.78. The fourth-order valence-electron chi connectivity index (χ4n) is 2.38. The summed E-state index contributed by atoms with van der Waals surface area (Å²) in [4.78, 5) is 6.80. The quantitative estimate of drug-likeness (QED) is 0.870. The van der Waals surface area contributed by atoms with Crippen LogP contribution in [0.5, 0.6) is 0 Å². The number of piperidine rings is 1. The molecule has 100 valence electrons. The van der Waals surface area contributed by atoms with E-state index < -0.39 is 0 Å². The second-order valence-corrected chi connectivity index (χ2v) is 4.83. The van der Waals surface area contributed by atoms with Crippen LogP contribution in [0.4, 0.5) is 5.95 Å². The van der Waals surface area contributed by atoms with Crippen molar-refractivity contribution in [2.75, 3.05) is 24.6 Å². The molecule has 5 nitrogen and oxygen atoms in total. The summed E-state index contributed by atoms with van der Waals surface area (Å²) in [5.74, 6) is 1.19. The molecule has 1 aliphatic heterocycles. The molecule has 5 heteroatoms. The van der Waals surface area contributed by atoms with Crippen LogP contribution >= 0.6 is 0 Å². The number of rotatable bonds is 4. The van der Waals surface area contributed by atoms with E-state index in [0.29, 0.717) is 12.5 Å². The van der Waals surface area contributed by atoms with Gasteiger partial charge in [-0.3, -0.25) is 0 Å². The Morgan fingerprint density at radius 2 is 1.78 bits per heavy atom. The molecule has 0 radical (unpaired) electrons. The van der Waals surface area contributed by atoms with Crippen LogP contribution < -0.4 is 4.90 Å². The van der Waals surface area contributed by atoms with Gasteiger partial charge in [-0.2, -0.15) is 5.10 Å². The van der Waals surface area contributed by atoms with Crippen molar-refractivity contribution in [1.29, 1.82) is 0 Å². The van der Waals surface area contributed by atoms with Crippen LogP contribution in [0, 0.1) is 5.92 Å². The van der Waals surface area contributed by atoms with Gasteiger partial charge in [0, 0.05) is 19.7 Å². The second-order valence-electron chi connectivity index (χ2n) is 4.83. The molecule has 1 aromatic rings. The van der Waals surface area contributed by atoms with Gasteiger partial charge in [-0.25, -0.2) is 4.98 Å². The summed E-state index contributed by atoms with van der Waals surface area (Å²) in [5.41, 5.74) is 2.07. The number of aliphatic hydroxyl groups excluding tert-OH is 1. The number of aryl methyl sites for hydroxylation is 2. The van der Waals surface area contributed by atoms with Gasteiger partial charge in [0.2, 0.25) is 5.95 Å². The first-order valence-corrected chi connectivity index (χ1v) is 6.86. The first kappa shape index (κ1) is 13.2. The van der Waals surface area contributed by atoms with E-state index in [1.807, 2.05) is 0 Å². The third kappa shape index (κ3) is 2.77. The second kappa shape index (κ2) is 6.09. The van der Waals surface area contributed by atoms with Crippen LogP contribution in [0.2, 0.25) is 0 Å². The van der Waals surface area contributed by atoms with Crippen molar-refractivity contribution in [2.24, 2.45) is 5.92 Å². The minimum Gasteiger partial charge on any atom is -0.396 e. The Kier molecular flexibility index (Phi) is 4.47. The molecule has 0 spiro atoms. The molecule has 18 heavy (non-hydrogen) atoms. The zero-order chi connectivity index (χ0) is 13.0. The van der Waals surface area contributed by atoms with Gasteiger partial charge in [0.1, 0.15) is 0 Å². The highest BCUT2D eigenvalue weighted by molar-refractivity contribution is 5.31. The number of hydrogen-bond acceptors (Lipinski definition) is 5. The normalized spacial score (nSPS) is 17.2. The lowest BCUT2D eigenvalue weighted by atomic mass is 9.98. The van der Waals surface area contributed by atoms with Gasteiger partial charge >= 0.3 is 0 Å². The molecular formula is C13H22N4O. The summed E-state index contributed by atoms with van der Waals surface area (Å²) in [6.45, 7) is 6.31. The van der Waals surface area contributed by atoms with Gasteiger partial charge in [-0.05, 0) is 31.6 Å². The molecule has 0 bridgehead atoms. The van der Waals surface area contributed by atoms with E-state index in [9.17, 15) is 0 Å². The van der Waals surface area contributed by atoms with Gasteiger partial charge in [-0.15, -0.1) is 5.10 Å². The minimum absolute atomic E-state index is 0.294. The van der Waals surface area contributed by atoms with Crippen LogP contribution in [0.15, 0.2) is 0 Å². The Balaban J connectivity index is 2.09. The van der Waals surface area contributed by atoms with E-state index in [1.54, 1.807) is 0 Å². The van der Waals surface area contributed by atoms with E-state index in [1.165, 1.54) is 0 Å². The van der Waals surface area contributed by atoms with Crippen molar-refractivity contribution >= 4 is 5.95 Å². The van der Waals surface area contributed by atoms with Crippen molar-refractivity contribution in [1.82, 2.24) is 15.2 Å². The molecule has 2 heterocycles. The van der Waals surface area contributed by atoms with E-state index in [0.717, 1.165) is 56.1 Å². The molecule has 0 unspecified atom stereocenters. The number of anilines is 1. The standard InChI is InChI=1S/C13H22N4O/c1-3-11-12(4-2)15-16-13(14-11)17-7-5-10(9-18)6-8-17/h10,18H,3-9H2,1-2H3. The number of hydrogen-bond donors (Lipinski definition) is 1. The van der Waals surface area contributed by atoms with Crippen molar-refractivity contribution in [3.63, 3.8) is 0 Å². The highest BCUT2D eigenvalue weighted by Crippen LogP contribution is 2.20. The Hall–Kier alpha value is -1.23. The van der Waals surface area contributed by atoms with Crippen molar-refractivity contribution in [3.05, 3.63) is 11.4 Å². The molecule has 0 saturated carbocycles. The van der Waals surface area contributed by atoms with Crippen LogP contribution in [0.1, 0.15) is 38.1 Å². The Morgan fingerprint density at radius 1 is 1.11 bits per heavy atom. The third-order valence-electron chi connectivity index (χ3n) is 3.65. The zero-order valence-electron chi connectivity index (χ0n) is 11.3. The lowest BCUT2D eigenvalue weighted by Gasteiger charge is -2.31. The fraction of sp³-hybridized carbons (Fsp3) is 0.769. The molecule has 0 aliphatic carbocycles. The summed E-state index contributed by atoms with van der Waals surface area (Å²) in [6, 6.07) is 0. The molecule has 0 aromatic carbocycles. The predicted octanol–water partition coefficient (Wildman–Crippen LogP) is 1.21. The predicted molar refractivity (Wildman–Crippen MR) is 70.6 cm³/mol. The number of nitrogens with zero attached hydrogens (tertiary/aromatic N) is 4. The highest BCUT2D eigenvalue weighted by atomic mass is 16.3. The molecule has 1 saturated heterocycles. The van der Waals surface area contributed by atoms with Gasteiger partial charge < -0.3 is 10.0 Å². The largest absolute Gasteiger partial charge is 0.396 e. The third-order valence-corrected chi connectivity index (χ3v) is 3.65. The van der Waals surface area contributed by atoms with Gasteiger partial charge in [0.25, 0.3) is 0 Å². The fourth-order valence-corrected chi connectivity index (χ4v) is 2.38. The first-order valence-electron chi connectivity index (χ1n) is 6.86. The van der Waals surface area contributed by atoms with Gasteiger partial charge in [0.15, 0.2) is 0 Å². The van der Waals surface area contributed by atoms with Crippen molar-refractivity contribution in [3.8, 4) is 0 Å². The average Bonchev–Trinajstić information content (AvgIpc) is 2.46. The van der Waals surface area contributed by atoms with E-state index in [-0.39, 0.29) is 0 Å². The summed E-state index contributed by atoms with van der Waals surface area (Å²) in [5, 5.41) is 17.6. The molecule has 1 aliphatic rings. The molecule has 1 N–H and O–H groups in total. The number of aliphatic hydroxyl groups is 1. The van der Waals surface area contributed by atoms with Crippen LogP contribution in [0.3, 0.4) is 0 Å². The van der Waals surface area contributed by atoms with Crippen LogP contribution in [0.25, 0.3) is 0 Å². The van der Waals surface area contributed by atoms with Gasteiger partial charge in [-0.1, -0.05) is 13.8 Å². The maximum atomic E-state index is 9.14. The summed E-state index contributed by atoms with van der Waals surface area (Å²) in [6.07, 6.45) is 3.81. The Labute approximate surface area is 108 Å². The van der Waals surface area contributed by atoms with Crippen molar-refractivity contribution in [2.45, 2.75) is 39.5 Å². The summed E-state index contributed by atoms with van der Waals surface area (Å²) >= 11 is 0. The van der Waals surface area contributed by atoms with Crippen molar-refractivity contribution < 1.29 is 5.11 Å². The maximum Gasteiger partial charge on any atom is 0.245 e. The highest BCUT2D eigenvalue weighted by Gasteiger charge is 2.21. The number of aromatic nitrogens is 3. The smallest absolute Gasteiger partial charge is 0.245 e. The van der Waals surface area contributed by atoms with E-state index in [4.69, 9.17) is 5.11 Å². The summed E-state index contributed by atoms with van der Waals surface area (Å²) in [7, 11) is 0. The maximum absolute atomic E-state index is 9.14. The SMILES string of the molecule is CCc1nnc(N2CCC(CO)CC2)nc1CC. The molecular weight excluding hydrogens is 228 g/mol. The average molecular weight is 250 g/mol. The molecule has 1 fully saturated rings. The molecule has 0 atom stereocenters. The molecule has 2 rings (SSSR count). The summed E-state index contributed by atoms with van der Waals surface area (Å²) < 4.78 is 0. The molecule has 1 aromatic heterocycles. The van der Waals surface area contributed by atoms with E-state index in [2.05, 4.69) is 33.9 Å². The van der Waals surface area contributed by atoms with Crippen LogP contribution in [-0.2, 0) is 12.8 Å². The lowest BCUT2D eigenvalue weighted by molar-refractivity contribution is 0.202. The van der Waals surface area contributed by atoms with E-state index >= 15 is 0 Å². The zero-order valence-corrected chi connectivity index (χ0v) is 11.3. The lowest BCUT2D eigenvalue weighted by Crippen LogP contribution is -2.36. The topological polar surface area (TPSA) is 62.1 Å². The monoisotopic (exact) mass is 250 g/mol. The minimum atomic E-state index is 0.294. The molecule has 0 amide bonds. The Morgan fingerprint density at radius 3 is 2.33 bits per heavy atom. The Bertz CT molecular complexity index is 389. The van der Waals surface area contributed by atoms with Crippen LogP contribution in [-0.4, -0.2) is 40.0 Å².